The van der Waals surface area contributed by atoms with Crippen LogP contribution in [0.1, 0.15) is 13.8 Å². The van der Waals surface area contributed by atoms with E-state index in [1.54, 1.807) is 6.92 Å². The van der Waals surface area contributed by atoms with Gasteiger partial charge in [-0.3, -0.25) is 0 Å². The fraction of sp³-hybridized carbons (Fsp3) is 0.375. The van der Waals surface area contributed by atoms with E-state index in [9.17, 15) is 0 Å². The Kier molecular flexibility index (Phi) is 3.81. The monoisotopic (exact) mass is 105 g/mol. The predicted octanol–water partition coefficient (Wildman–Crippen LogP) is 1.48. The van der Waals surface area contributed by atoms with Crippen molar-refractivity contribution in [3.8, 4) is 23.7 Å². The van der Waals surface area contributed by atoms with Crippen molar-refractivity contribution in [1.29, 1.82) is 0 Å². The van der Waals surface area contributed by atoms with Gasteiger partial charge >= 0.3 is 0 Å². The fourth-order valence-electron chi connectivity index (χ4n) is 0.406. The molecule has 41 valence electrons. The zero-order valence-corrected chi connectivity index (χ0v) is 5.28. The Balaban J connectivity index is 3.71. The van der Waals surface area contributed by atoms with Crippen LogP contribution in [0, 0.1) is 36.5 Å². The second-order valence-corrected chi connectivity index (χ2v) is 1.44. The summed E-state index contributed by atoms with van der Waals surface area (Å²) in [7, 11) is 0. The molecule has 0 N–H and O–H groups in total. The highest BCUT2D eigenvalue weighted by atomic mass is 13.8. The first-order valence-corrected chi connectivity index (χ1v) is 2.51. The van der Waals surface area contributed by atoms with E-state index in [0.29, 0.717) is 0 Å². The molecule has 1 unspecified atom stereocenters. The lowest BCUT2D eigenvalue weighted by Crippen LogP contribution is -1.80. The van der Waals surface area contributed by atoms with E-state index in [1.165, 1.54) is 0 Å². The highest BCUT2D eigenvalue weighted by molar-refractivity contribution is 5.16. The quantitative estimate of drug-likeness (QED) is 0.409. The molecule has 0 saturated carbocycles. The molecule has 8 heavy (non-hydrogen) atoms. The molecule has 0 fully saturated rings. The van der Waals surface area contributed by atoms with E-state index in [-0.39, 0.29) is 5.92 Å². The first kappa shape index (κ1) is 7.12. The predicted molar refractivity (Wildman–Crippen MR) is 35.7 cm³/mol. The molecule has 1 atom stereocenters. The van der Waals surface area contributed by atoms with Gasteiger partial charge in [0.05, 0.1) is 5.92 Å². The zero-order valence-electron chi connectivity index (χ0n) is 5.28. The standard InChI is InChI=1S/C8H9/c1-4-6-8(3)7-5-2/h8H,1H2,2-3H3. The van der Waals surface area contributed by atoms with Crippen LogP contribution >= 0.6 is 0 Å². The van der Waals surface area contributed by atoms with Gasteiger partial charge in [-0.25, -0.2) is 0 Å². The minimum atomic E-state index is 0.178. The van der Waals surface area contributed by atoms with Gasteiger partial charge in [0, 0.05) is 6.92 Å². The summed E-state index contributed by atoms with van der Waals surface area (Å²) in [5.41, 5.74) is 0. The highest BCUT2D eigenvalue weighted by Crippen LogP contribution is 1.85. The Morgan fingerprint density at radius 2 is 2.00 bits per heavy atom. The fourth-order valence-corrected chi connectivity index (χ4v) is 0.406. The summed E-state index contributed by atoms with van der Waals surface area (Å²) in [5.74, 6) is 11.2. The van der Waals surface area contributed by atoms with Gasteiger partial charge in [0.1, 0.15) is 0 Å². The van der Waals surface area contributed by atoms with Gasteiger partial charge in [0.15, 0.2) is 0 Å². The van der Waals surface area contributed by atoms with Gasteiger partial charge in [0.25, 0.3) is 0 Å². The number of hydrogen-bond donors (Lipinski definition) is 0. The number of rotatable bonds is 0. The SMILES string of the molecule is [CH2]C#CC(C)C#CC. The van der Waals surface area contributed by atoms with Crippen molar-refractivity contribution < 1.29 is 0 Å². The van der Waals surface area contributed by atoms with Crippen molar-refractivity contribution in [1.82, 2.24) is 0 Å². The second-order valence-electron chi connectivity index (χ2n) is 1.44. The maximum absolute atomic E-state index is 3.38. The Hall–Kier alpha value is -0.880. The molecule has 0 heterocycles. The molecule has 0 saturated heterocycles. The average Bonchev–Trinajstić information content (AvgIpc) is 1.68. The van der Waals surface area contributed by atoms with Crippen LogP contribution in [-0.4, -0.2) is 0 Å². The minimum Gasteiger partial charge on any atom is -0.105 e. The van der Waals surface area contributed by atoms with Gasteiger partial charge < -0.3 is 0 Å². The minimum absolute atomic E-state index is 0.178. The summed E-state index contributed by atoms with van der Waals surface area (Å²) in [6.45, 7) is 7.14. The van der Waals surface area contributed by atoms with Crippen molar-refractivity contribution in [2.24, 2.45) is 5.92 Å². The lowest BCUT2D eigenvalue weighted by atomic mass is 10.2. The summed E-state index contributed by atoms with van der Waals surface area (Å²) >= 11 is 0. The third-order valence-electron chi connectivity index (χ3n) is 0.679. The van der Waals surface area contributed by atoms with Gasteiger partial charge in [-0.2, -0.15) is 0 Å². The summed E-state index contributed by atoms with van der Waals surface area (Å²) in [6.07, 6.45) is 0. The lowest BCUT2D eigenvalue weighted by molar-refractivity contribution is 1.02. The second kappa shape index (κ2) is 4.28. The topological polar surface area (TPSA) is 0 Å². The molecule has 0 aromatic rings. The van der Waals surface area contributed by atoms with Crippen LogP contribution in [-0.2, 0) is 0 Å². The van der Waals surface area contributed by atoms with E-state index >= 15 is 0 Å². The van der Waals surface area contributed by atoms with Crippen molar-refractivity contribution >= 4 is 0 Å². The van der Waals surface area contributed by atoms with Crippen LogP contribution < -0.4 is 0 Å². The normalized spacial score (nSPS) is 6.50. The van der Waals surface area contributed by atoms with Crippen molar-refractivity contribution in [3.05, 3.63) is 6.92 Å². The van der Waals surface area contributed by atoms with E-state index in [1.807, 2.05) is 6.92 Å². The van der Waals surface area contributed by atoms with Gasteiger partial charge in [-0.05, 0) is 13.8 Å². The summed E-state index contributed by atoms with van der Waals surface area (Å²) < 4.78 is 0. The van der Waals surface area contributed by atoms with Crippen LogP contribution in [0.2, 0.25) is 0 Å². The van der Waals surface area contributed by atoms with Gasteiger partial charge in [-0.1, -0.05) is 11.8 Å². The van der Waals surface area contributed by atoms with Gasteiger partial charge in [0.2, 0.25) is 0 Å². The van der Waals surface area contributed by atoms with E-state index in [2.05, 4.69) is 30.6 Å². The van der Waals surface area contributed by atoms with E-state index in [4.69, 9.17) is 0 Å². The maximum Gasteiger partial charge on any atom is 0.0783 e. The first-order chi connectivity index (χ1) is 3.81. The van der Waals surface area contributed by atoms with Crippen molar-refractivity contribution in [2.45, 2.75) is 13.8 Å². The van der Waals surface area contributed by atoms with Crippen LogP contribution in [0.5, 0.6) is 0 Å². The van der Waals surface area contributed by atoms with Crippen LogP contribution in [0.25, 0.3) is 0 Å². The van der Waals surface area contributed by atoms with Gasteiger partial charge in [-0.15, -0.1) is 11.8 Å². The molecule has 0 rings (SSSR count). The molecule has 0 nitrogen and oxygen atoms in total. The molecule has 0 bridgehead atoms. The van der Waals surface area contributed by atoms with E-state index in [0.717, 1.165) is 0 Å². The molecule has 0 aromatic heterocycles. The molecular formula is C8H9. The number of hydrogen-bond acceptors (Lipinski definition) is 0. The molecule has 0 aliphatic heterocycles. The molecule has 0 aromatic carbocycles. The smallest absolute Gasteiger partial charge is 0.0783 e. The third-order valence-corrected chi connectivity index (χ3v) is 0.679. The van der Waals surface area contributed by atoms with Crippen LogP contribution in [0.3, 0.4) is 0 Å². The molecule has 0 amide bonds. The Morgan fingerprint density at radius 1 is 1.38 bits per heavy atom. The molecule has 0 heteroatoms. The molecular weight excluding hydrogens is 96.1 g/mol. The molecule has 1 radical (unpaired) electrons. The van der Waals surface area contributed by atoms with Crippen molar-refractivity contribution in [3.63, 3.8) is 0 Å². The Bertz CT molecular complexity index is 136. The van der Waals surface area contributed by atoms with Crippen LogP contribution in [0.15, 0.2) is 0 Å². The largest absolute Gasteiger partial charge is 0.105 e. The Labute approximate surface area is 51.3 Å². The highest BCUT2D eigenvalue weighted by Gasteiger charge is 1.82. The zero-order chi connectivity index (χ0) is 6.41. The molecule has 0 aliphatic carbocycles. The lowest BCUT2D eigenvalue weighted by Gasteiger charge is -1.84. The summed E-state index contributed by atoms with van der Waals surface area (Å²) in [4.78, 5) is 0. The van der Waals surface area contributed by atoms with Crippen molar-refractivity contribution in [2.75, 3.05) is 0 Å². The summed E-state index contributed by atoms with van der Waals surface area (Å²) in [6, 6.07) is 0. The Morgan fingerprint density at radius 3 is 2.38 bits per heavy atom. The summed E-state index contributed by atoms with van der Waals surface area (Å²) in [5, 5.41) is 0. The molecule has 0 spiro atoms. The average molecular weight is 105 g/mol. The van der Waals surface area contributed by atoms with Crippen LogP contribution in [0.4, 0.5) is 0 Å². The first-order valence-electron chi connectivity index (χ1n) is 2.51. The molecule has 0 aliphatic rings. The third kappa shape index (κ3) is 3.32. The van der Waals surface area contributed by atoms with E-state index < -0.39 is 0 Å². The maximum atomic E-state index is 3.38.